The van der Waals surface area contributed by atoms with Crippen molar-refractivity contribution in [2.75, 3.05) is 19.4 Å². The molecule has 0 aliphatic carbocycles. The van der Waals surface area contributed by atoms with Crippen LogP contribution >= 0.6 is 0 Å². The van der Waals surface area contributed by atoms with E-state index in [-0.39, 0.29) is 29.2 Å². The second kappa shape index (κ2) is 13.3. The number of likely N-dealkylation sites (tertiary alicyclic amines) is 1. The maximum atomic E-state index is 17.4. The Morgan fingerprint density at radius 1 is 1.06 bits per heavy atom. The van der Waals surface area contributed by atoms with Crippen molar-refractivity contribution >= 4 is 49.6 Å². The molecule has 0 saturated carbocycles. The van der Waals surface area contributed by atoms with Gasteiger partial charge in [0.2, 0.25) is 0 Å². The predicted octanol–water partition coefficient (Wildman–Crippen LogP) is 7.96. The number of piperidine rings is 1. The van der Waals surface area contributed by atoms with Crippen LogP contribution in [0.3, 0.4) is 0 Å². The molecule has 0 N–H and O–H groups in total. The molecule has 2 saturated heterocycles. The van der Waals surface area contributed by atoms with Gasteiger partial charge >= 0.3 is 6.09 Å². The van der Waals surface area contributed by atoms with E-state index < -0.39 is 34.4 Å². The molecule has 1 amide bonds. The summed E-state index contributed by atoms with van der Waals surface area (Å²) in [5.41, 5.74) is 4.84. The van der Waals surface area contributed by atoms with Crippen LogP contribution in [0.5, 0.6) is 0 Å². The van der Waals surface area contributed by atoms with Crippen molar-refractivity contribution in [3.05, 3.63) is 47.0 Å². The standard InChI is InChI=1S/C38H44FN7O4S/c1-21-17-29-27(19-42-46(29)30-10-8-9-15-49-30)32(23(21)3)31-22(2)16-26-34(33(31)39)43-36(51(7)48)28-20-41-45(35(26)28)25-12-14-44(24(18-25)11-13-40)37(47)50-38(4,5)6/h16-17,19-20,24-25,30H,8-12,14-15,18H2,1-7H3/t24-,25+,30?,51?/m1/s1. The lowest BCUT2D eigenvalue weighted by Gasteiger charge is -2.39. The van der Waals surface area contributed by atoms with E-state index >= 15 is 4.39 Å². The Bertz CT molecular complexity index is 2260. The minimum absolute atomic E-state index is 0.117. The van der Waals surface area contributed by atoms with Gasteiger partial charge in [-0.3, -0.25) is 8.89 Å². The fraction of sp³-hybridized carbons (Fsp3) is 0.500. The average molecular weight is 714 g/mol. The summed E-state index contributed by atoms with van der Waals surface area (Å²) in [6, 6.07) is 5.67. The van der Waals surface area contributed by atoms with Gasteiger partial charge in [-0.2, -0.15) is 15.5 Å². The fourth-order valence-corrected chi connectivity index (χ4v) is 8.49. The Hall–Kier alpha value is -4.41. The van der Waals surface area contributed by atoms with E-state index in [1.807, 2.05) is 57.0 Å². The number of hydrogen-bond acceptors (Lipinski definition) is 8. The molecular formula is C38H44FN7O4S. The first-order chi connectivity index (χ1) is 24.3. The number of ether oxygens (including phenoxy) is 2. The second-order valence-corrected chi connectivity index (χ2v) is 16.2. The smallest absolute Gasteiger partial charge is 0.410 e. The van der Waals surface area contributed by atoms with Gasteiger partial charge in [0.15, 0.2) is 12.0 Å². The topological polar surface area (TPSA) is 128 Å². The zero-order valence-electron chi connectivity index (χ0n) is 30.2. The van der Waals surface area contributed by atoms with Gasteiger partial charge < -0.3 is 14.4 Å². The van der Waals surface area contributed by atoms with Crippen LogP contribution in [-0.2, 0) is 20.3 Å². The summed E-state index contributed by atoms with van der Waals surface area (Å²) >= 11 is 0. The van der Waals surface area contributed by atoms with Crippen LogP contribution in [0, 0.1) is 37.9 Å². The molecule has 13 heteroatoms. The number of nitriles is 1. The lowest BCUT2D eigenvalue weighted by Crippen LogP contribution is -2.48. The summed E-state index contributed by atoms with van der Waals surface area (Å²) in [5, 5.41) is 21.4. The maximum absolute atomic E-state index is 17.4. The van der Waals surface area contributed by atoms with Crippen LogP contribution < -0.4 is 0 Å². The van der Waals surface area contributed by atoms with E-state index in [1.165, 1.54) is 6.26 Å². The normalized spacial score (nSPS) is 20.6. The van der Waals surface area contributed by atoms with E-state index in [9.17, 15) is 14.3 Å². The number of nitrogens with zero attached hydrogens (tertiary/aromatic N) is 7. The maximum Gasteiger partial charge on any atom is 0.410 e. The van der Waals surface area contributed by atoms with E-state index in [1.54, 1.807) is 17.3 Å². The predicted molar refractivity (Wildman–Crippen MR) is 194 cm³/mol. The first kappa shape index (κ1) is 35.0. The molecule has 2 aliphatic heterocycles. The number of pyridine rings is 1. The van der Waals surface area contributed by atoms with Gasteiger partial charge in [-0.05, 0) is 108 Å². The molecule has 0 spiro atoms. The van der Waals surface area contributed by atoms with Gasteiger partial charge in [-0.15, -0.1) is 0 Å². The lowest BCUT2D eigenvalue weighted by atomic mass is 9.89. The Morgan fingerprint density at radius 3 is 2.49 bits per heavy atom. The van der Waals surface area contributed by atoms with Crippen molar-refractivity contribution in [1.82, 2.24) is 29.4 Å². The molecule has 2 aromatic carbocycles. The summed E-state index contributed by atoms with van der Waals surface area (Å²) in [7, 11) is -1.55. The number of carbonyl (C=O) groups excluding carboxylic acids is 1. The van der Waals surface area contributed by atoms with Gasteiger partial charge in [-0.25, -0.2) is 18.9 Å². The van der Waals surface area contributed by atoms with Crippen molar-refractivity contribution < 1.29 is 22.9 Å². The van der Waals surface area contributed by atoms with Gasteiger partial charge in [-0.1, -0.05) is 0 Å². The number of aromatic nitrogens is 5. The third kappa shape index (κ3) is 6.16. The zero-order valence-corrected chi connectivity index (χ0v) is 31.1. The third-order valence-electron chi connectivity index (χ3n) is 10.3. The number of fused-ring (bicyclic) bond motifs is 4. The monoisotopic (exact) mass is 713 g/mol. The molecule has 4 atom stereocenters. The van der Waals surface area contributed by atoms with Crippen molar-refractivity contribution in [3.63, 3.8) is 0 Å². The Labute approximate surface area is 299 Å². The van der Waals surface area contributed by atoms with E-state index in [0.29, 0.717) is 47.8 Å². The molecule has 2 fully saturated rings. The first-order valence-corrected chi connectivity index (χ1v) is 19.1. The molecule has 5 aromatic rings. The highest BCUT2D eigenvalue weighted by molar-refractivity contribution is 7.84. The van der Waals surface area contributed by atoms with E-state index in [2.05, 4.69) is 12.1 Å². The number of hydrogen-bond donors (Lipinski definition) is 0. The van der Waals surface area contributed by atoms with Crippen molar-refractivity contribution in [3.8, 4) is 17.2 Å². The number of aryl methyl sites for hydroxylation is 2. The van der Waals surface area contributed by atoms with Crippen molar-refractivity contribution in [2.24, 2.45) is 0 Å². The highest BCUT2D eigenvalue weighted by Gasteiger charge is 2.36. The first-order valence-electron chi connectivity index (χ1n) is 17.6. The van der Waals surface area contributed by atoms with Crippen LogP contribution in [0.1, 0.15) is 88.3 Å². The number of halogens is 1. The van der Waals surface area contributed by atoms with Crippen LogP contribution in [0.4, 0.5) is 9.18 Å². The highest BCUT2D eigenvalue weighted by atomic mass is 32.2. The van der Waals surface area contributed by atoms with Crippen molar-refractivity contribution in [1.29, 1.82) is 5.26 Å². The lowest BCUT2D eigenvalue weighted by molar-refractivity contribution is -0.0366. The quantitative estimate of drug-likeness (QED) is 0.180. The molecule has 2 unspecified atom stereocenters. The molecule has 7 rings (SSSR count). The molecule has 2 aliphatic rings. The largest absolute Gasteiger partial charge is 0.444 e. The SMILES string of the molecule is Cc1cc2c(cnn2C2CCCCO2)c(-c2c(C)cc3c(nc(S(C)=O)c4cnn([C@H]5CCN(C(=O)OC(C)(C)C)[C@H](CC#N)C5)c43)c2F)c1C. The van der Waals surface area contributed by atoms with Crippen LogP contribution in [0.2, 0.25) is 0 Å². The van der Waals surface area contributed by atoms with Gasteiger partial charge in [0, 0.05) is 35.7 Å². The van der Waals surface area contributed by atoms with Gasteiger partial charge in [0.1, 0.15) is 16.1 Å². The molecule has 5 heterocycles. The van der Waals surface area contributed by atoms with E-state index in [4.69, 9.17) is 24.7 Å². The van der Waals surface area contributed by atoms with Crippen molar-refractivity contribution in [2.45, 2.75) is 109 Å². The molecule has 3 aromatic heterocycles. The van der Waals surface area contributed by atoms with Gasteiger partial charge in [0.05, 0.1) is 64.2 Å². The minimum atomic E-state index is -1.55. The number of benzene rings is 2. The highest BCUT2D eigenvalue weighted by Crippen LogP contribution is 2.43. The molecule has 0 bridgehead atoms. The average Bonchev–Trinajstić information content (AvgIpc) is 3.71. The number of rotatable bonds is 5. The fourth-order valence-electron chi connectivity index (χ4n) is 7.81. The Balaban J connectivity index is 1.38. The minimum Gasteiger partial charge on any atom is -0.444 e. The zero-order chi connectivity index (χ0) is 36.4. The summed E-state index contributed by atoms with van der Waals surface area (Å²) in [6.45, 7) is 12.4. The molecule has 11 nitrogen and oxygen atoms in total. The molecule has 51 heavy (non-hydrogen) atoms. The second-order valence-electron chi connectivity index (χ2n) is 14.9. The van der Waals surface area contributed by atoms with Crippen LogP contribution in [-0.4, -0.2) is 70.8 Å². The molecule has 0 radical (unpaired) electrons. The molecule has 268 valence electrons. The molecular weight excluding hydrogens is 670 g/mol. The summed E-state index contributed by atoms with van der Waals surface area (Å²) in [6.07, 6.45) is 8.44. The van der Waals surface area contributed by atoms with E-state index in [0.717, 1.165) is 52.4 Å². The summed E-state index contributed by atoms with van der Waals surface area (Å²) < 4.78 is 46.1. The number of carbonyl (C=O) groups is 1. The van der Waals surface area contributed by atoms with Crippen LogP contribution in [0.25, 0.3) is 43.8 Å². The Kier molecular flexibility index (Phi) is 9.12. The number of amides is 1. The van der Waals surface area contributed by atoms with Crippen LogP contribution in [0.15, 0.2) is 29.6 Å². The Morgan fingerprint density at radius 2 is 1.80 bits per heavy atom. The van der Waals surface area contributed by atoms with Gasteiger partial charge in [0.25, 0.3) is 0 Å². The summed E-state index contributed by atoms with van der Waals surface area (Å²) in [4.78, 5) is 19.5. The summed E-state index contributed by atoms with van der Waals surface area (Å²) in [5.74, 6) is -0.495. The third-order valence-corrected chi connectivity index (χ3v) is 11.2.